The summed E-state index contributed by atoms with van der Waals surface area (Å²) in [6, 6.07) is 7.65. The maximum atomic E-state index is 13.7. The zero-order valence-corrected chi connectivity index (χ0v) is 19.9. The highest BCUT2D eigenvalue weighted by atomic mass is 19.4. The lowest BCUT2D eigenvalue weighted by Crippen LogP contribution is -2.57. The number of rotatable bonds is 5. The molecule has 36 heavy (non-hydrogen) atoms. The number of benzene rings is 2. The van der Waals surface area contributed by atoms with Gasteiger partial charge in [-0.3, -0.25) is 9.80 Å². The molecular formula is C27H30F7N2. The van der Waals surface area contributed by atoms with E-state index in [4.69, 9.17) is 0 Å². The van der Waals surface area contributed by atoms with Crippen LogP contribution in [0.2, 0.25) is 0 Å². The van der Waals surface area contributed by atoms with E-state index in [0.29, 0.717) is 24.7 Å². The maximum absolute atomic E-state index is 13.7. The van der Waals surface area contributed by atoms with Gasteiger partial charge in [-0.2, -0.15) is 26.3 Å². The van der Waals surface area contributed by atoms with Crippen LogP contribution >= 0.6 is 0 Å². The number of hydrogen-bond acceptors (Lipinski definition) is 2. The fourth-order valence-corrected chi connectivity index (χ4v) is 5.58. The van der Waals surface area contributed by atoms with E-state index in [2.05, 4.69) is 11.8 Å². The molecule has 2 aromatic carbocycles. The van der Waals surface area contributed by atoms with Crippen LogP contribution in [0.5, 0.6) is 0 Å². The molecule has 1 atom stereocenters. The summed E-state index contributed by atoms with van der Waals surface area (Å²) in [4.78, 5) is 4.43. The highest BCUT2D eigenvalue weighted by Gasteiger charge is 2.40. The van der Waals surface area contributed by atoms with E-state index in [0.717, 1.165) is 38.1 Å². The van der Waals surface area contributed by atoms with Crippen LogP contribution in [0.15, 0.2) is 42.5 Å². The van der Waals surface area contributed by atoms with E-state index in [1.54, 1.807) is 0 Å². The second kappa shape index (κ2) is 10.3. The molecule has 2 aromatic rings. The number of halogens is 7. The lowest BCUT2D eigenvalue weighted by molar-refractivity contribution is -0.143. The van der Waals surface area contributed by atoms with Gasteiger partial charge in [0.1, 0.15) is 5.82 Å². The second-order valence-corrected chi connectivity index (χ2v) is 9.94. The van der Waals surface area contributed by atoms with E-state index >= 15 is 0 Å². The van der Waals surface area contributed by atoms with Crippen LogP contribution in [0.4, 0.5) is 30.7 Å². The quantitative estimate of drug-likeness (QED) is 0.393. The molecule has 1 radical (unpaired) electrons. The van der Waals surface area contributed by atoms with Gasteiger partial charge < -0.3 is 0 Å². The highest BCUT2D eigenvalue weighted by molar-refractivity contribution is 5.37. The van der Waals surface area contributed by atoms with Crippen LogP contribution in [0, 0.1) is 12.7 Å². The Morgan fingerprint density at radius 3 is 1.75 bits per heavy atom. The minimum atomic E-state index is -4.93. The summed E-state index contributed by atoms with van der Waals surface area (Å²) in [5.74, 6) is -0.485. The second-order valence-electron chi connectivity index (χ2n) is 9.94. The van der Waals surface area contributed by atoms with Crippen molar-refractivity contribution in [2.45, 2.75) is 62.5 Å². The van der Waals surface area contributed by atoms with E-state index in [9.17, 15) is 30.7 Å². The average molecular weight is 516 g/mol. The predicted octanol–water partition coefficient (Wildman–Crippen LogP) is 7.09. The van der Waals surface area contributed by atoms with Crippen molar-refractivity contribution in [1.82, 2.24) is 9.80 Å². The summed E-state index contributed by atoms with van der Waals surface area (Å²) in [5.41, 5.74) is -3.45. The number of piperazine rings is 1. The molecule has 1 heterocycles. The van der Waals surface area contributed by atoms with Crippen molar-refractivity contribution < 1.29 is 30.7 Å². The van der Waals surface area contributed by atoms with E-state index in [1.165, 1.54) is 43.5 Å². The zero-order chi connectivity index (χ0) is 26.1. The van der Waals surface area contributed by atoms with Gasteiger partial charge in [-0.25, -0.2) is 4.39 Å². The summed E-state index contributed by atoms with van der Waals surface area (Å²) < 4.78 is 94.5. The van der Waals surface area contributed by atoms with Crippen LogP contribution in [0.3, 0.4) is 0 Å². The van der Waals surface area contributed by atoms with Crippen LogP contribution in [0.1, 0.15) is 54.4 Å². The Hall–Kier alpha value is -2.13. The minimum Gasteiger partial charge on any atom is -0.298 e. The Kier molecular flexibility index (Phi) is 7.72. The van der Waals surface area contributed by atoms with Crippen molar-refractivity contribution in [2.24, 2.45) is 0 Å². The van der Waals surface area contributed by atoms with Crippen molar-refractivity contribution in [3.8, 4) is 0 Å². The van der Waals surface area contributed by atoms with Crippen LogP contribution in [-0.2, 0) is 24.3 Å². The molecule has 4 rings (SSSR count). The van der Waals surface area contributed by atoms with Gasteiger partial charge in [0, 0.05) is 32.2 Å². The van der Waals surface area contributed by atoms with Crippen LogP contribution < -0.4 is 0 Å². The Labute approximate surface area is 207 Å². The van der Waals surface area contributed by atoms with Crippen molar-refractivity contribution in [2.75, 3.05) is 26.2 Å². The lowest BCUT2D eigenvalue weighted by atomic mass is 9.82. The molecule has 2 aliphatic rings. The van der Waals surface area contributed by atoms with Gasteiger partial charge in [-0.05, 0) is 67.6 Å². The summed E-state index contributed by atoms with van der Waals surface area (Å²) in [6.45, 7) is 6.92. The predicted molar refractivity (Wildman–Crippen MR) is 124 cm³/mol. The first-order valence-corrected chi connectivity index (χ1v) is 12.3. The van der Waals surface area contributed by atoms with Gasteiger partial charge in [0.25, 0.3) is 0 Å². The largest absolute Gasteiger partial charge is 0.416 e. The third-order valence-electron chi connectivity index (χ3n) is 7.54. The molecule has 1 saturated heterocycles. The Morgan fingerprint density at radius 1 is 0.722 bits per heavy atom. The van der Waals surface area contributed by atoms with Gasteiger partial charge in [-0.1, -0.05) is 31.4 Å². The minimum absolute atomic E-state index is 0.119. The first-order chi connectivity index (χ1) is 16.9. The van der Waals surface area contributed by atoms with Crippen LogP contribution in [-0.4, -0.2) is 42.0 Å². The number of hydrogen-bond donors (Lipinski definition) is 0. The highest BCUT2D eigenvalue weighted by Crippen LogP contribution is 2.39. The molecule has 1 unspecified atom stereocenters. The third-order valence-corrected chi connectivity index (χ3v) is 7.54. The molecule has 197 valence electrons. The molecule has 1 aliphatic heterocycles. The van der Waals surface area contributed by atoms with Crippen LogP contribution in [0.25, 0.3) is 0 Å². The molecule has 0 amide bonds. The molecular weight excluding hydrogens is 485 g/mol. The third kappa shape index (κ3) is 6.05. The Morgan fingerprint density at radius 2 is 1.25 bits per heavy atom. The summed E-state index contributed by atoms with van der Waals surface area (Å²) in [5, 5.41) is 0. The van der Waals surface area contributed by atoms with Gasteiger partial charge in [0.15, 0.2) is 0 Å². The lowest BCUT2D eigenvalue weighted by Gasteiger charge is -2.48. The van der Waals surface area contributed by atoms with Gasteiger partial charge in [-0.15, -0.1) is 0 Å². The standard InChI is InChI=1S/C27H30F7N2/c1-25(20-7-9-23(28)10-8-20,36-13-11-35(12-14-36)24-5-3-2-4-6-24)18-19-15-21(26(29,30)31)17-22(16-19)27(32,33)34/h7-10,15-17,24H,1-6,11-14,18H2. The molecule has 1 aliphatic carbocycles. The summed E-state index contributed by atoms with van der Waals surface area (Å²) >= 11 is 0. The summed E-state index contributed by atoms with van der Waals surface area (Å²) in [7, 11) is 0. The van der Waals surface area contributed by atoms with E-state index < -0.39 is 34.8 Å². The molecule has 1 saturated carbocycles. The Balaban J connectivity index is 1.66. The molecule has 0 spiro atoms. The molecule has 0 aromatic heterocycles. The molecule has 0 bridgehead atoms. The number of alkyl halides is 6. The normalized spacial score (nSPS) is 20.9. The molecule has 2 nitrogen and oxygen atoms in total. The van der Waals surface area contributed by atoms with E-state index in [1.807, 2.05) is 4.90 Å². The topological polar surface area (TPSA) is 6.48 Å². The molecule has 0 N–H and O–H groups in total. The zero-order valence-electron chi connectivity index (χ0n) is 19.9. The molecule has 9 heteroatoms. The van der Waals surface area contributed by atoms with Gasteiger partial charge in [0.2, 0.25) is 0 Å². The summed E-state index contributed by atoms with van der Waals surface area (Å²) in [6.07, 6.45) is -4.15. The average Bonchev–Trinajstić information content (AvgIpc) is 2.84. The van der Waals surface area contributed by atoms with Gasteiger partial charge >= 0.3 is 12.4 Å². The van der Waals surface area contributed by atoms with Crippen molar-refractivity contribution in [3.05, 3.63) is 77.5 Å². The van der Waals surface area contributed by atoms with Gasteiger partial charge in [0.05, 0.1) is 16.7 Å². The van der Waals surface area contributed by atoms with E-state index in [-0.39, 0.29) is 18.1 Å². The SMILES string of the molecule is [CH2]C(Cc1cc(C(F)(F)F)cc(C(F)(F)F)c1)(c1ccc(F)cc1)N1CCN(C2CCCCC2)CC1. The first-order valence-electron chi connectivity index (χ1n) is 12.3. The smallest absolute Gasteiger partial charge is 0.298 e. The van der Waals surface area contributed by atoms with Crippen molar-refractivity contribution in [1.29, 1.82) is 0 Å². The molecule has 2 fully saturated rings. The maximum Gasteiger partial charge on any atom is 0.416 e. The van der Waals surface area contributed by atoms with Crippen molar-refractivity contribution >= 4 is 0 Å². The fourth-order valence-electron chi connectivity index (χ4n) is 5.58. The van der Waals surface area contributed by atoms with Crippen molar-refractivity contribution in [3.63, 3.8) is 0 Å². The fraction of sp³-hybridized carbons (Fsp3) is 0.519. The monoisotopic (exact) mass is 515 g/mol. The number of nitrogens with zero attached hydrogens (tertiary/aromatic N) is 2. The Bertz CT molecular complexity index is 986. The first kappa shape index (κ1) is 26.9.